The van der Waals surface area contributed by atoms with Crippen LogP contribution in [0.2, 0.25) is 0 Å². The third kappa shape index (κ3) is 2.36. The van der Waals surface area contributed by atoms with Crippen LogP contribution in [0.5, 0.6) is 0 Å². The number of hydrogen-bond donors (Lipinski definition) is 0. The Balaban J connectivity index is 1.62. The van der Waals surface area contributed by atoms with E-state index in [1.807, 2.05) is 0 Å². The Morgan fingerprint density at radius 3 is 2.44 bits per heavy atom. The van der Waals surface area contributed by atoms with Crippen molar-refractivity contribution in [2.75, 3.05) is 0 Å². The van der Waals surface area contributed by atoms with Gasteiger partial charge in [-0.1, -0.05) is 13.8 Å². The number of rotatable bonds is 1. The van der Waals surface area contributed by atoms with Crippen LogP contribution in [-0.2, 0) is 14.3 Å². The van der Waals surface area contributed by atoms with Crippen molar-refractivity contribution in [2.24, 2.45) is 34.5 Å². The number of Topliss-reactive ketones (excluding diaryl/α,β-unsaturated/α-hetero) is 1. The number of carbonyl (C=O) groups excluding carboxylic acids is 2. The van der Waals surface area contributed by atoms with E-state index >= 15 is 0 Å². The van der Waals surface area contributed by atoms with Crippen molar-refractivity contribution in [1.29, 1.82) is 0 Å². The molecule has 3 heteroatoms. The largest absolute Gasteiger partial charge is 0.459 e. The second kappa shape index (κ2) is 5.57. The van der Waals surface area contributed by atoms with E-state index in [9.17, 15) is 9.59 Å². The zero-order valence-corrected chi connectivity index (χ0v) is 16.4. The Morgan fingerprint density at radius 1 is 1.00 bits per heavy atom. The van der Waals surface area contributed by atoms with Crippen LogP contribution >= 0.6 is 0 Å². The van der Waals surface area contributed by atoms with Gasteiger partial charge in [0, 0.05) is 25.2 Å². The van der Waals surface area contributed by atoms with E-state index in [2.05, 4.69) is 20.8 Å². The Morgan fingerprint density at radius 2 is 1.72 bits per heavy atom. The monoisotopic (exact) mass is 346 g/mol. The van der Waals surface area contributed by atoms with Crippen LogP contribution in [-0.4, -0.2) is 17.4 Å². The minimum Gasteiger partial charge on any atom is -0.459 e. The Hall–Kier alpha value is -0.860. The molecule has 7 unspecified atom stereocenters. The molecule has 4 rings (SSSR count). The summed E-state index contributed by atoms with van der Waals surface area (Å²) in [6.45, 7) is 8.62. The smallest absolute Gasteiger partial charge is 0.303 e. The van der Waals surface area contributed by atoms with Gasteiger partial charge in [-0.3, -0.25) is 9.59 Å². The Bertz CT molecular complexity index is 598. The van der Waals surface area contributed by atoms with Crippen molar-refractivity contribution in [3.05, 3.63) is 0 Å². The first-order valence-corrected chi connectivity index (χ1v) is 10.4. The summed E-state index contributed by atoms with van der Waals surface area (Å²) >= 11 is 0. The maximum Gasteiger partial charge on any atom is 0.303 e. The van der Waals surface area contributed by atoms with E-state index in [1.54, 1.807) is 6.92 Å². The second-order valence-electron chi connectivity index (χ2n) is 10.2. The second-order valence-corrected chi connectivity index (χ2v) is 10.2. The molecule has 0 amide bonds. The topological polar surface area (TPSA) is 43.4 Å². The van der Waals surface area contributed by atoms with E-state index < -0.39 is 0 Å². The third-order valence-corrected chi connectivity index (χ3v) is 9.38. The number of ketones is 1. The van der Waals surface area contributed by atoms with Crippen molar-refractivity contribution < 1.29 is 14.3 Å². The van der Waals surface area contributed by atoms with Gasteiger partial charge in [-0.2, -0.15) is 0 Å². The highest BCUT2D eigenvalue weighted by atomic mass is 16.6. The molecule has 0 aliphatic heterocycles. The molecule has 4 aliphatic rings. The summed E-state index contributed by atoms with van der Waals surface area (Å²) < 4.78 is 5.91. The molecule has 0 aromatic carbocycles. The fourth-order valence-electron chi connectivity index (χ4n) is 7.76. The molecule has 4 fully saturated rings. The van der Waals surface area contributed by atoms with Crippen molar-refractivity contribution in [3.63, 3.8) is 0 Å². The normalized spacial score (nSPS) is 52.1. The lowest BCUT2D eigenvalue weighted by molar-refractivity contribution is -0.183. The van der Waals surface area contributed by atoms with Crippen molar-refractivity contribution in [3.8, 4) is 0 Å². The molecule has 0 saturated heterocycles. The molecule has 4 saturated carbocycles. The van der Waals surface area contributed by atoms with Crippen LogP contribution < -0.4 is 0 Å². The molecule has 0 spiro atoms. The van der Waals surface area contributed by atoms with Crippen molar-refractivity contribution in [1.82, 2.24) is 0 Å². The highest BCUT2D eigenvalue weighted by Gasteiger charge is 2.64. The van der Waals surface area contributed by atoms with Gasteiger partial charge in [-0.25, -0.2) is 0 Å². The Kier molecular flexibility index (Phi) is 3.91. The molecule has 4 aliphatic carbocycles. The van der Waals surface area contributed by atoms with Crippen LogP contribution in [0, 0.1) is 34.5 Å². The summed E-state index contributed by atoms with van der Waals surface area (Å²) in [7, 11) is 0. The van der Waals surface area contributed by atoms with Gasteiger partial charge in [-0.15, -0.1) is 0 Å². The van der Waals surface area contributed by atoms with Gasteiger partial charge in [0.05, 0.1) is 0 Å². The molecule has 140 valence electrons. The fourth-order valence-corrected chi connectivity index (χ4v) is 7.76. The lowest BCUT2D eigenvalue weighted by Gasteiger charge is -2.61. The average Bonchev–Trinajstić information content (AvgIpc) is 2.79. The third-order valence-electron chi connectivity index (χ3n) is 9.38. The molecule has 0 aromatic rings. The van der Waals surface area contributed by atoms with Gasteiger partial charge >= 0.3 is 5.97 Å². The minimum atomic E-state index is -0.297. The molecule has 7 atom stereocenters. The van der Waals surface area contributed by atoms with E-state index in [0.717, 1.165) is 37.5 Å². The van der Waals surface area contributed by atoms with E-state index in [-0.39, 0.29) is 17.0 Å². The molecule has 0 heterocycles. The highest BCUT2D eigenvalue weighted by molar-refractivity contribution is 5.79. The summed E-state index contributed by atoms with van der Waals surface area (Å²) in [5.74, 6) is 3.16. The summed E-state index contributed by atoms with van der Waals surface area (Å²) in [6, 6.07) is 0. The SMILES string of the molecule is CC(=O)OC1(C)CCC2C3CCC4CC(=O)CCC4(C)C3CCC21C. The minimum absolute atomic E-state index is 0.119. The average molecular weight is 347 g/mol. The van der Waals surface area contributed by atoms with Gasteiger partial charge in [0.1, 0.15) is 11.4 Å². The van der Waals surface area contributed by atoms with E-state index in [1.165, 1.54) is 32.1 Å². The molecule has 3 nitrogen and oxygen atoms in total. The van der Waals surface area contributed by atoms with Crippen LogP contribution in [0.3, 0.4) is 0 Å². The van der Waals surface area contributed by atoms with Crippen LogP contribution in [0.25, 0.3) is 0 Å². The predicted octanol–water partition coefficient (Wildman–Crippen LogP) is 4.92. The van der Waals surface area contributed by atoms with Crippen LogP contribution in [0.4, 0.5) is 0 Å². The van der Waals surface area contributed by atoms with Crippen molar-refractivity contribution in [2.45, 2.75) is 91.1 Å². The molecule has 0 aromatic heterocycles. The first kappa shape index (κ1) is 17.5. The summed E-state index contributed by atoms with van der Waals surface area (Å²) in [5.41, 5.74) is 0.181. The number of hydrogen-bond acceptors (Lipinski definition) is 3. The lowest BCUT2D eigenvalue weighted by Crippen LogP contribution is -2.56. The van der Waals surface area contributed by atoms with E-state index in [0.29, 0.717) is 23.0 Å². The van der Waals surface area contributed by atoms with Gasteiger partial charge in [0.25, 0.3) is 0 Å². The molecule has 0 bridgehead atoms. The molecule has 25 heavy (non-hydrogen) atoms. The number of esters is 1. The molecular weight excluding hydrogens is 312 g/mol. The standard InChI is InChI=1S/C22H34O3/c1-14(23)25-22(4)12-9-19-17-6-5-15-13-16(24)7-10-20(15,2)18(17)8-11-21(19,22)3/h15,17-19H,5-13H2,1-4H3. The van der Waals surface area contributed by atoms with Gasteiger partial charge in [0.15, 0.2) is 0 Å². The molecular formula is C22H34O3. The Labute approximate surface area is 152 Å². The lowest BCUT2D eigenvalue weighted by atomic mass is 9.44. The van der Waals surface area contributed by atoms with Crippen LogP contribution in [0.15, 0.2) is 0 Å². The van der Waals surface area contributed by atoms with Crippen LogP contribution in [0.1, 0.15) is 85.5 Å². The highest BCUT2D eigenvalue weighted by Crippen LogP contribution is 2.68. The van der Waals surface area contributed by atoms with Gasteiger partial charge in [0.2, 0.25) is 0 Å². The number of fused-ring (bicyclic) bond motifs is 5. The molecule has 0 radical (unpaired) electrons. The molecule has 0 N–H and O–H groups in total. The van der Waals surface area contributed by atoms with E-state index in [4.69, 9.17) is 4.74 Å². The maximum atomic E-state index is 12.0. The maximum absolute atomic E-state index is 12.0. The first-order valence-electron chi connectivity index (χ1n) is 10.4. The first-order chi connectivity index (χ1) is 11.7. The summed E-state index contributed by atoms with van der Waals surface area (Å²) in [6.07, 6.45) is 9.83. The summed E-state index contributed by atoms with van der Waals surface area (Å²) in [5, 5.41) is 0. The summed E-state index contributed by atoms with van der Waals surface area (Å²) in [4.78, 5) is 23.7. The quantitative estimate of drug-likeness (QED) is 0.633. The predicted molar refractivity (Wildman–Crippen MR) is 96.9 cm³/mol. The van der Waals surface area contributed by atoms with Gasteiger partial charge in [-0.05, 0) is 81.0 Å². The zero-order chi connectivity index (χ0) is 18.0. The zero-order valence-electron chi connectivity index (χ0n) is 16.4. The number of ether oxygens (including phenoxy) is 1. The fraction of sp³-hybridized carbons (Fsp3) is 0.909. The van der Waals surface area contributed by atoms with Crippen molar-refractivity contribution >= 4 is 11.8 Å². The van der Waals surface area contributed by atoms with Gasteiger partial charge < -0.3 is 4.74 Å². The number of carbonyl (C=O) groups is 2.